The normalized spacial score (nSPS) is 25.5. The highest BCUT2D eigenvalue weighted by Crippen LogP contribution is 2.32. The maximum absolute atomic E-state index is 12.9. The van der Waals surface area contributed by atoms with Gasteiger partial charge in [-0.15, -0.1) is 0 Å². The van der Waals surface area contributed by atoms with Crippen LogP contribution in [0.25, 0.3) is 0 Å². The van der Waals surface area contributed by atoms with Gasteiger partial charge >= 0.3 is 12.0 Å². The smallest absolute Gasteiger partial charge is 0.338 e. The van der Waals surface area contributed by atoms with Crippen LogP contribution in [0.5, 0.6) is 0 Å². The van der Waals surface area contributed by atoms with E-state index < -0.39 is 6.04 Å². The number of nitrogens with one attached hydrogen (secondary N) is 2. The van der Waals surface area contributed by atoms with Crippen molar-refractivity contribution in [3.8, 4) is 0 Å². The van der Waals surface area contributed by atoms with Crippen molar-refractivity contribution in [3.05, 3.63) is 41.1 Å². The molecule has 6 nitrogen and oxygen atoms in total. The van der Waals surface area contributed by atoms with Crippen molar-refractivity contribution in [1.82, 2.24) is 10.6 Å². The first-order valence-electron chi connectivity index (χ1n) is 9.13. The molecule has 0 bridgehead atoms. The van der Waals surface area contributed by atoms with Gasteiger partial charge in [0.2, 0.25) is 0 Å². The average molecular weight is 357 g/mol. The second-order valence-electron chi connectivity index (χ2n) is 7.41. The molecule has 0 saturated heterocycles. The van der Waals surface area contributed by atoms with Crippen molar-refractivity contribution in [1.29, 1.82) is 0 Å². The predicted octanol–water partition coefficient (Wildman–Crippen LogP) is 3.11. The summed E-state index contributed by atoms with van der Waals surface area (Å²) in [7, 11) is 3.94. The molecule has 1 saturated carbocycles. The summed E-state index contributed by atoms with van der Waals surface area (Å²) in [6, 6.07) is 7.00. The number of esters is 1. The molecular weight excluding hydrogens is 330 g/mol. The van der Waals surface area contributed by atoms with Crippen molar-refractivity contribution in [2.24, 2.45) is 5.92 Å². The standard InChI is InChI=1S/C20H27N3O3/c1-12-6-5-7-16(12)26-19(24)17-13(2)21-20(25)22-18(17)14-8-10-15(11-9-14)23(3)4/h8-12,16,18H,5-7H2,1-4H3,(H2,21,22,25)/t12-,16-,18-/m1/s1. The first kappa shape index (κ1) is 18.3. The first-order chi connectivity index (χ1) is 12.4. The number of ether oxygens (including phenoxy) is 1. The number of allylic oxidation sites excluding steroid dienone is 1. The minimum absolute atomic E-state index is 0.0443. The highest BCUT2D eigenvalue weighted by Gasteiger charge is 2.35. The van der Waals surface area contributed by atoms with E-state index in [1.165, 1.54) is 0 Å². The number of carbonyl (C=O) groups excluding carboxylic acids is 2. The molecule has 140 valence electrons. The predicted molar refractivity (Wildman–Crippen MR) is 101 cm³/mol. The Morgan fingerprint density at radius 3 is 2.46 bits per heavy atom. The lowest BCUT2D eigenvalue weighted by atomic mass is 9.95. The summed E-state index contributed by atoms with van der Waals surface area (Å²) in [4.78, 5) is 26.9. The first-order valence-corrected chi connectivity index (χ1v) is 9.13. The minimum Gasteiger partial charge on any atom is -0.459 e. The van der Waals surface area contributed by atoms with Crippen molar-refractivity contribution < 1.29 is 14.3 Å². The highest BCUT2D eigenvalue weighted by atomic mass is 16.5. The molecule has 3 atom stereocenters. The molecule has 2 N–H and O–H groups in total. The van der Waals surface area contributed by atoms with Gasteiger partial charge in [-0.25, -0.2) is 9.59 Å². The number of benzene rings is 1. The van der Waals surface area contributed by atoms with Crippen LogP contribution in [0.15, 0.2) is 35.5 Å². The van der Waals surface area contributed by atoms with Gasteiger partial charge < -0.3 is 20.3 Å². The quantitative estimate of drug-likeness (QED) is 0.813. The zero-order valence-electron chi connectivity index (χ0n) is 15.8. The van der Waals surface area contributed by atoms with E-state index in [1.54, 1.807) is 6.92 Å². The number of urea groups is 1. The molecular formula is C20H27N3O3. The Morgan fingerprint density at radius 1 is 1.19 bits per heavy atom. The molecule has 1 aliphatic heterocycles. The number of rotatable bonds is 4. The van der Waals surface area contributed by atoms with Crippen LogP contribution in [0, 0.1) is 5.92 Å². The van der Waals surface area contributed by atoms with E-state index >= 15 is 0 Å². The second-order valence-corrected chi connectivity index (χ2v) is 7.41. The van der Waals surface area contributed by atoms with Gasteiger partial charge in [-0.3, -0.25) is 0 Å². The molecule has 0 aromatic heterocycles. The summed E-state index contributed by atoms with van der Waals surface area (Å²) < 4.78 is 5.79. The topological polar surface area (TPSA) is 70.7 Å². The van der Waals surface area contributed by atoms with E-state index in [0.29, 0.717) is 17.2 Å². The summed E-state index contributed by atoms with van der Waals surface area (Å²) in [6.45, 7) is 3.86. The van der Waals surface area contributed by atoms with Crippen LogP contribution >= 0.6 is 0 Å². The largest absolute Gasteiger partial charge is 0.459 e. The molecule has 26 heavy (non-hydrogen) atoms. The molecule has 3 rings (SSSR count). The molecule has 1 aromatic carbocycles. The molecule has 0 radical (unpaired) electrons. The van der Waals surface area contributed by atoms with Crippen molar-refractivity contribution in [2.75, 3.05) is 19.0 Å². The fourth-order valence-corrected chi connectivity index (χ4v) is 3.67. The van der Waals surface area contributed by atoms with Crippen LogP contribution < -0.4 is 15.5 Å². The molecule has 0 spiro atoms. The van der Waals surface area contributed by atoms with Gasteiger partial charge in [-0.2, -0.15) is 0 Å². The van der Waals surface area contributed by atoms with Crippen molar-refractivity contribution in [3.63, 3.8) is 0 Å². The lowest BCUT2D eigenvalue weighted by molar-refractivity contribution is -0.146. The SMILES string of the molecule is CC1=C(C(=O)O[C@@H]2CCC[C@H]2C)[C@@H](c2ccc(N(C)C)cc2)NC(=O)N1. The second kappa shape index (κ2) is 7.40. The van der Waals surface area contributed by atoms with Gasteiger partial charge in [0, 0.05) is 25.5 Å². The molecule has 1 aromatic rings. The van der Waals surface area contributed by atoms with Gasteiger partial charge in [0.25, 0.3) is 0 Å². The number of hydrogen-bond acceptors (Lipinski definition) is 4. The van der Waals surface area contributed by atoms with E-state index in [1.807, 2.05) is 43.3 Å². The number of carbonyl (C=O) groups is 2. The molecule has 0 unspecified atom stereocenters. The average Bonchev–Trinajstić information content (AvgIpc) is 2.99. The highest BCUT2D eigenvalue weighted by molar-refractivity contribution is 5.95. The molecule has 2 amide bonds. The van der Waals surface area contributed by atoms with Crippen LogP contribution in [0.3, 0.4) is 0 Å². The molecule has 1 aliphatic carbocycles. The zero-order valence-corrected chi connectivity index (χ0v) is 15.8. The summed E-state index contributed by atoms with van der Waals surface area (Å²) in [5.74, 6) is 0.0271. The number of nitrogens with zero attached hydrogens (tertiary/aromatic N) is 1. The molecule has 6 heteroatoms. The fourth-order valence-electron chi connectivity index (χ4n) is 3.67. The van der Waals surface area contributed by atoms with Crippen LogP contribution in [-0.2, 0) is 9.53 Å². The Kier molecular flexibility index (Phi) is 5.20. The third-order valence-electron chi connectivity index (χ3n) is 5.27. The Hall–Kier alpha value is -2.50. The lowest BCUT2D eigenvalue weighted by Crippen LogP contribution is -2.45. The minimum atomic E-state index is -0.510. The van der Waals surface area contributed by atoms with E-state index in [9.17, 15) is 9.59 Å². The van der Waals surface area contributed by atoms with Crippen LogP contribution in [0.1, 0.15) is 44.7 Å². The van der Waals surface area contributed by atoms with E-state index in [4.69, 9.17) is 4.74 Å². The Labute approximate surface area is 154 Å². The summed E-state index contributed by atoms with van der Waals surface area (Å²) in [5, 5.41) is 5.55. The van der Waals surface area contributed by atoms with Crippen LogP contribution in [-0.4, -0.2) is 32.2 Å². The van der Waals surface area contributed by atoms with Crippen LogP contribution in [0.4, 0.5) is 10.5 Å². The van der Waals surface area contributed by atoms with E-state index in [0.717, 1.165) is 30.5 Å². The zero-order chi connectivity index (χ0) is 18.8. The third-order valence-corrected chi connectivity index (χ3v) is 5.27. The van der Waals surface area contributed by atoms with Gasteiger partial charge in [0.05, 0.1) is 11.6 Å². The monoisotopic (exact) mass is 357 g/mol. The summed E-state index contributed by atoms with van der Waals surface area (Å²) >= 11 is 0. The Morgan fingerprint density at radius 2 is 1.88 bits per heavy atom. The third kappa shape index (κ3) is 3.69. The molecule has 2 aliphatic rings. The lowest BCUT2D eigenvalue weighted by Gasteiger charge is -2.29. The Bertz CT molecular complexity index is 724. The number of hydrogen-bond donors (Lipinski definition) is 2. The maximum Gasteiger partial charge on any atom is 0.338 e. The Balaban J connectivity index is 1.87. The van der Waals surface area contributed by atoms with Crippen molar-refractivity contribution in [2.45, 2.75) is 45.3 Å². The van der Waals surface area contributed by atoms with Crippen LogP contribution in [0.2, 0.25) is 0 Å². The van der Waals surface area contributed by atoms with Gasteiger partial charge in [0.15, 0.2) is 0 Å². The molecule has 1 heterocycles. The maximum atomic E-state index is 12.9. The van der Waals surface area contributed by atoms with Gasteiger partial charge in [-0.1, -0.05) is 19.1 Å². The van der Waals surface area contributed by atoms with E-state index in [-0.39, 0.29) is 18.1 Å². The van der Waals surface area contributed by atoms with Gasteiger partial charge in [-0.05, 0) is 49.8 Å². The van der Waals surface area contributed by atoms with E-state index in [2.05, 4.69) is 17.6 Å². The number of amides is 2. The fraction of sp³-hybridized carbons (Fsp3) is 0.500. The van der Waals surface area contributed by atoms with Crippen molar-refractivity contribution >= 4 is 17.7 Å². The summed E-state index contributed by atoms with van der Waals surface area (Å²) in [6.07, 6.45) is 3.03. The molecule has 1 fully saturated rings. The van der Waals surface area contributed by atoms with Gasteiger partial charge in [0.1, 0.15) is 6.10 Å². The number of anilines is 1. The summed E-state index contributed by atoms with van der Waals surface area (Å²) in [5.41, 5.74) is 2.93.